The van der Waals surface area contributed by atoms with Gasteiger partial charge < -0.3 is 10.5 Å². The van der Waals surface area contributed by atoms with Crippen LogP contribution in [0.4, 0.5) is 8.78 Å². The minimum atomic E-state index is -0.776. The summed E-state index contributed by atoms with van der Waals surface area (Å²) in [4.78, 5) is 0. The van der Waals surface area contributed by atoms with Crippen molar-refractivity contribution < 1.29 is 13.5 Å². The molecule has 0 atom stereocenters. The Labute approximate surface area is 121 Å². The first kappa shape index (κ1) is 14.9. The van der Waals surface area contributed by atoms with E-state index in [1.165, 1.54) is 0 Å². The molecule has 2 N–H and O–H groups in total. The lowest BCUT2D eigenvalue weighted by atomic mass is 10.1. The Morgan fingerprint density at radius 2 is 1.86 bits per heavy atom. The summed E-state index contributed by atoms with van der Waals surface area (Å²) in [6, 6.07) is 9.38. The van der Waals surface area contributed by atoms with E-state index < -0.39 is 17.4 Å². The van der Waals surface area contributed by atoms with Crippen molar-refractivity contribution in [2.75, 3.05) is 0 Å². The van der Waals surface area contributed by atoms with E-state index in [-0.39, 0.29) is 13.2 Å². The fourth-order valence-electron chi connectivity index (χ4n) is 1.95. The van der Waals surface area contributed by atoms with Gasteiger partial charge in [-0.1, -0.05) is 6.07 Å². The second kappa shape index (κ2) is 6.33. The predicted molar refractivity (Wildman–Crippen MR) is 74.5 cm³/mol. The van der Waals surface area contributed by atoms with Crippen LogP contribution < -0.4 is 10.5 Å². The van der Waals surface area contributed by atoms with Crippen molar-refractivity contribution in [3.05, 3.63) is 64.2 Å². The van der Waals surface area contributed by atoms with E-state index in [1.54, 1.807) is 18.2 Å². The van der Waals surface area contributed by atoms with Gasteiger partial charge in [0.25, 0.3) is 0 Å². The van der Waals surface area contributed by atoms with Crippen molar-refractivity contribution >= 4 is 0 Å². The molecule has 2 rings (SSSR count). The molecule has 2 aromatic carbocycles. The van der Waals surface area contributed by atoms with Gasteiger partial charge in [-0.25, -0.2) is 8.78 Å². The van der Waals surface area contributed by atoms with Crippen LogP contribution in [-0.2, 0) is 13.2 Å². The van der Waals surface area contributed by atoms with Gasteiger partial charge >= 0.3 is 0 Å². The van der Waals surface area contributed by atoms with Gasteiger partial charge in [0.05, 0.1) is 11.6 Å². The van der Waals surface area contributed by atoms with Crippen LogP contribution in [0.2, 0.25) is 0 Å². The van der Waals surface area contributed by atoms with E-state index in [1.807, 2.05) is 13.0 Å². The molecule has 5 heteroatoms. The van der Waals surface area contributed by atoms with Gasteiger partial charge in [-0.2, -0.15) is 5.26 Å². The lowest BCUT2D eigenvalue weighted by Crippen LogP contribution is -2.04. The van der Waals surface area contributed by atoms with E-state index in [0.29, 0.717) is 11.1 Å². The average Bonchev–Trinajstić information content (AvgIpc) is 2.47. The fourth-order valence-corrected chi connectivity index (χ4v) is 1.95. The van der Waals surface area contributed by atoms with Crippen molar-refractivity contribution in [1.29, 1.82) is 5.26 Å². The Balaban J connectivity index is 2.19. The van der Waals surface area contributed by atoms with Crippen LogP contribution in [0.15, 0.2) is 30.3 Å². The Hall–Kier alpha value is -2.45. The number of aryl methyl sites for hydroxylation is 1. The fraction of sp³-hybridized carbons (Fsp3) is 0.188. The Bertz CT molecular complexity index is 685. The third-order valence-corrected chi connectivity index (χ3v) is 3.14. The van der Waals surface area contributed by atoms with Crippen LogP contribution in [0.5, 0.6) is 5.75 Å². The van der Waals surface area contributed by atoms with Crippen molar-refractivity contribution in [1.82, 2.24) is 0 Å². The smallest absolute Gasteiger partial charge is 0.191 e. The van der Waals surface area contributed by atoms with E-state index in [4.69, 9.17) is 15.7 Å². The van der Waals surface area contributed by atoms with E-state index in [0.717, 1.165) is 23.3 Å². The summed E-state index contributed by atoms with van der Waals surface area (Å²) in [5, 5.41) is 8.79. The number of hydrogen-bond donors (Lipinski definition) is 1. The third kappa shape index (κ3) is 3.36. The largest absolute Gasteiger partial charge is 0.483 e. The maximum atomic E-state index is 13.8. The molecule has 108 valence electrons. The summed E-state index contributed by atoms with van der Waals surface area (Å²) in [5.74, 6) is -1.97. The quantitative estimate of drug-likeness (QED) is 0.940. The molecule has 0 bridgehead atoms. The van der Waals surface area contributed by atoms with Crippen molar-refractivity contribution in [2.45, 2.75) is 20.1 Å². The van der Waals surface area contributed by atoms with E-state index >= 15 is 0 Å². The number of ether oxygens (including phenoxy) is 1. The molecule has 21 heavy (non-hydrogen) atoms. The number of nitrogens with two attached hydrogens (primary N) is 1. The number of nitriles is 1. The minimum Gasteiger partial charge on any atom is -0.483 e. The van der Waals surface area contributed by atoms with Crippen LogP contribution in [0.3, 0.4) is 0 Å². The lowest BCUT2D eigenvalue weighted by molar-refractivity contribution is 0.273. The summed E-state index contributed by atoms with van der Waals surface area (Å²) in [7, 11) is 0. The maximum Gasteiger partial charge on any atom is 0.191 e. The van der Waals surface area contributed by atoms with Gasteiger partial charge in [0.2, 0.25) is 0 Å². The highest BCUT2D eigenvalue weighted by Gasteiger charge is 2.13. The number of benzene rings is 2. The molecular weight excluding hydrogens is 274 g/mol. The zero-order chi connectivity index (χ0) is 15.4. The Kier molecular flexibility index (Phi) is 4.51. The van der Waals surface area contributed by atoms with Crippen LogP contribution >= 0.6 is 0 Å². The normalized spacial score (nSPS) is 10.2. The Morgan fingerprint density at radius 3 is 2.38 bits per heavy atom. The molecule has 0 saturated heterocycles. The molecule has 0 unspecified atom stereocenters. The molecule has 3 nitrogen and oxygen atoms in total. The van der Waals surface area contributed by atoms with Crippen LogP contribution in [0.25, 0.3) is 0 Å². The summed E-state index contributed by atoms with van der Waals surface area (Å²) < 4.78 is 32.7. The molecule has 0 radical (unpaired) electrons. The SMILES string of the molecule is Cc1cc(C#N)ccc1COc1c(F)cc(CN)cc1F. The first-order chi connectivity index (χ1) is 10.0. The Morgan fingerprint density at radius 1 is 1.19 bits per heavy atom. The zero-order valence-corrected chi connectivity index (χ0v) is 11.5. The number of hydrogen-bond acceptors (Lipinski definition) is 3. The molecule has 0 aliphatic rings. The van der Waals surface area contributed by atoms with Gasteiger partial charge in [-0.3, -0.25) is 0 Å². The third-order valence-electron chi connectivity index (χ3n) is 3.14. The van der Waals surface area contributed by atoms with Gasteiger partial charge in [-0.15, -0.1) is 0 Å². The standard InChI is InChI=1S/C16H14F2N2O/c1-10-4-11(7-19)2-3-13(10)9-21-16-14(17)5-12(8-20)6-15(16)18/h2-6H,8-9,20H2,1H3. The first-order valence-corrected chi connectivity index (χ1v) is 6.35. The summed E-state index contributed by atoms with van der Waals surface area (Å²) in [5.41, 5.74) is 7.83. The van der Waals surface area contributed by atoms with E-state index in [2.05, 4.69) is 0 Å². The van der Waals surface area contributed by atoms with Gasteiger partial charge in [0.15, 0.2) is 17.4 Å². The minimum absolute atomic E-state index is 0.0212. The maximum absolute atomic E-state index is 13.8. The van der Waals surface area contributed by atoms with Crippen LogP contribution in [0, 0.1) is 29.9 Å². The average molecular weight is 288 g/mol. The van der Waals surface area contributed by atoms with Crippen molar-refractivity contribution in [3.63, 3.8) is 0 Å². The molecule has 0 aromatic heterocycles. The van der Waals surface area contributed by atoms with Crippen molar-refractivity contribution in [3.8, 4) is 11.8 Å². The monoisotopic (exact) mass is 288 g/mol. The summed E-state index contributed by atoms with van der Waals surface area (Å²) in [6.07, 6.45) is 0. The summed E-state index contributed by atoms with van der Waals surface area (Å²) in [6.45, 7) is 1.89. The van der Waals surface area contributed by atoms with Crippen molar-refractivity contribution in [2.24, 2.45) is 5.73 Å². The molecule has 0 aliphatic carbocycles. The zero-order valence-electron chi connectivity index (χ0n) is 11.5. The number of nitrogens with zero attached hydrogens (tertiary/aromatic N) is 1. The molecule has 0 spiro atoms. The second-order valence-corrected chi connectivity index (χ2v) is 4.63. The topological polar surface area (TPSA) is 59.0 Å². The van der Waals surface area contributed by atoms with Crippen LogP contribution in [-0.4, -0.2) is 0 Å². The second-order valence-electron chi connectivity index (χ2n) is 4.63. The highest BCUT2D eigenvalue weighted by atomic mass is 19.1. The molecule has 0 heterocycles. The highest BCUT2D eigenvalue weighted by molar-refractivity contribution is 5.38. The van der Waals surface area contributed by atoms with E-state index in [9.17, 15) is 8.78 Å². The number of rotatable bonds is 4. The molecule has 0 saturated carbocycles. The molecule has 0 aliphatic heterocycles. The summed E-state index contributed by atoms with van der Waals surface area (Å²) >= 11 is 0. The molecule has 0 amide bonds. The molecular formula is C16H14F2N2O. The first-order valence-electron chi connectivity index (χ1n) is 6.35. The molecule has 0 fully saturated rings. The predicted octanol–water partition coefficient (Wildman–Crippen LogP) is 3.18. The number of halogens is 2. The molecule has 2 aromatic rings. The van der Waals surface area contributed by atoms with Gasteiger partial charge in [-0.05, 0) is 47.9 Å². The van der Waals surface area contributed by atoms with Crippen LogP contribution in [0.1, 0.15) is 22.3 Å². The highest BCUT2D eigenvalue weighted by Crippen LogP contribution is 2.24. The lowest BCUT2D eigenvalue weighted by Gasteiger charge is -2.11. The van der Waals surface area contributed by atoms with Gasteiger partial charge in [0.1, 0.15) is 6.61 Å². The van der Waals surface area contributed by atoms with Gasteiger partial charge in [0, 0.05) is 6.54 Å².